The summed E-state index contributed by atoms with van der Waals surface area (Å²) >= 11 is 12.0. The van der Waals surface area contributed by atoms with Gasteiger partial charge in [0.25, 0.3) is 5.91 Å². The summed E-state index contributed by atoms with van der Waals surface area (Å²) in [5.41, 5.74) is 1.29. The van der Waals surface area contributed by atoms with E-state index in [2.05, 4.69) is 5.32 Å². The van der Waals surface area contributed by atoms with Crippen molar-refractivity contribution in [2.24, 2.45) is 0 Å². The second kappa shape index (κ2) is 7.24. The highest BCUT2D eigenvalue weighted by molar-refractivity contribution is 6.34. The fourth-order valence-corrected chi connectivity index (χ4v) is 2.25. The van der Waals surface area contributed by atoms with Crippen LogP contribution in [-0.4, -0.2) is 11.4 Å². The van der Waals surface area contributed by atoms with Gasteiger partial charge in [-0.15, -0.1) is 0 Å². The lowest BCUT2D eigenvalue weighted by Gasteiger charge is -2.20. The van der Waals surface area contributed by atoms with Gasteiger partial charge >= 0.3 is 0 Å². The van der Waals surface area contributed by atoms with E-state index in [0.717, 1.165) is 5.56 Å². The molecule has 0 aliphatic carbocycles. The van der Waals surface area contributed by atoms with Gasteiger partial charge in [-0.05, 0) is 50.6 Å². The van der Waals surface area contributed by atoms with Crippen molar-refractivity contribution in [2.75, 3.05) is 0 Å². The van der Waals surface area contributed by atoms with E-state index in [9.17, 15) is 4.79 Å². The van der Waals surface area contributed by atoms with Crippen molar-refractivity contribution in [1.82, 2.24) is 5.32 Å². The smallest absolute Gasteiger partial charge is 0.251 e. The first-order valence-corrected chi connectivity index (χ1v) is 7.99. The summed E-state index contributed by atoms with van der Waals surface area (Å²) in [6, 6.07) is 12.3. The minimum absolute atomic E-state index is 0.0946. The molecule has 0 aliphatic heterocycles. The number of nitrogens with one attached hydrogen (secondary N) is 1. The zero-order valence-corrected chi connectivity index (χ0v) is 14.8. The van der Waals surface area contributed by atoms with Crippen molar-refractivity contribution < 1.29 is 9.53 Å². The van der Waals surface area contributed by atoms with Crippen LogP contribution in [0.15, 0.2) is 42.5 Å². The number of carbonyl (C=O) groups excluding carboxylic acids is 1. The molecule has 0 unspecified atom stereocenters. The van der Waals surface area contributed by atoms with Crippen LogP contribution >= 0.6 is 23.2 Å². The number of amides is 1. The van der Waals surface area contributed by atoms with Crippen molar-refractivity contribution in [3.8, 4) is 5.75 Å². The lowest BCUT2D eigenvalue weighted by atomic mass is 10.1. The van der Waals surface area contributed by atoms with Crippen molar-refractivity contribution in [2.45, 2.75) is 32.9 Å². The molecule has 0 fully saturated rings. The highest BCUT2D eigenvalue weighted by atomic mass is 35.5. The first kappa shape index (κ1) is 17.6. The molecule has 0 spiro atoms. The molecule has 2 rings (SSSR count). The van der Waals surface area contributed by atoms with Gasteiger partial charge in [-0.25, -0.2) is 0 Å². The normalized spacial score (nSPS) is 11.2. The molecule has 5 heteroatoms. The molecule has 3 nitrogen and oxygen atoms in total. The van der Waals surface area contributed by atoms with E-state index in [-0.39, 0.29) is 11.4 Å². The summed E-state index contributed by atoms with van der Waals surface area (Å²) in [7, 11) is 0. The standard InChI is InChI=1S/C18H19Cl2NO2/c1-18(2,3)21-17(22)13-6-4-12(5-7-13)11-23-16-10-14(19)8-9-15(16)20/h4-10H,11H2,1-3H3,(H,21,22). The van der Waals surface area contributed by atoms with E-state index in [1.807, 2.05) is 32.9 Å². The van der Waals surface area contributed by atoms with Gasteiger partial charge in [0.15, 0.2) is 0 Å². The average Bonchev–Trinajstić information content (AvgIpc) is 2.47. The number of carbonyl (C=O) groups is 1. The second-order valence-electron chi connectivity index (χ2n) is 6.26. The first-order chi connectivity index (χ1) is 10.7. The summed E-state index contributed by atoms with van der Waals surface area (Å²) in [5.74, 6) is 0.441. The van der Waals surface area contributed by atoms with Crippen molar-refractivity contribution in [1.29, 1.82) is 0 Å². The topological polar surface area (TPSA) is 38.3 Å². The van der Waals surface area contributed by atoms with Crippen LogP contribution in [0.3, 0.4) is 0 Å². The zero-order valence-electron chi connectivity index (χ0n) is 13.3. The zero-order chi connectivity index (χ0) is 17.0. The van der Waals surface area contributed by atoms with E-state index in [1.165, 1.54) is 0 Å². The molecule has 0 aromatic heterocycles. The van der Waals surface area contributed by atoms with Crippen LogP contribution < -0.4 is 10.1 Å². The number of halogens is 2. The van der Waals surface area contributed by atoms with Crippen LogP contribution in [0.25, 0.3) is 0 Å². The number of rotatable bonds is 4. The van der Waals surface area contributed by atoms with Crippen molar-refractivity contribution in [3.05, 3.63) is 63.6 Å². The molecule has 2 aromatic rings. The monoisotopic (exact) mass is 351 g/mol. The van der Waals surface area contributed by atoms with Crippen molar-refractivity contribution in [3.63, 3.8) is 0 Å². The number of hydrogen-bond acceptors (Lipinski definition) is 2. The largest absolute Gasteiger partial charge is 0.487 e. The lowest BCUT2D eigenvalue weighted by Crippen LogP contribution is -2.40. The predicted octanol–water partition coefficient (Wildman–Crippen LogP) is 5.10. The molecular formula is C18H19Cl2NO2. The Morgan fingerprint density at radius 2 is 1.74 bits per heavy atom. The summed E-state index contributed by atoms with van der Waals surface area (Å²) in [4.78, 5) is 12.1. The number of ether oxygens (including phenoxy) is 1. The maximum absolute atomic E-state index is 12.1. The quantitative estimate of drug-likeness (QED) is 0.831. The van der Waals surface area contributed by atoms with Gasteiger partial charge in [-0.2, -0.15) is 0 Å². The summed E-state index contributed by atoms with van der Waals surface area (Å²) in [6.07, 6.45) is 0. The summed E-state index contributed by atoms with van der Waals surface area (Å²) in [5, 5.41) is 4.00. The fraction of sp³-hybridized carbons (Fsp3) is 0.278. The third kappa shape index (κ3) is 5.45. The maximum atomic E-state index is 12.1. The molecule has 122 valence electrons. The molecule has 1 N–H and O–H groups in total. The molecule has 0 radical (unpaired) electrons. The molecule has 0 bridgehead atoms. The number of benzene rings is 2. The molecular weight excluding hydrogens is 333 g/mol. The van der Waals surface area contributed by atoms with Crippen LogP contribution in [0.2, 0.25) is 10.0 Å². The Labute approximate surface area is 146 Å². The fourth-order valence-electron chi connectivity index (χ4n) is 1.91. The molecule has 0 saturated carbocycles. The van der Waals surface area contributed by atoms with Gasteiger partial charge in [0.2, 0.25) is 0 Å². The number of hydrogen-bond donors (Lipinski definition) is 1. The van der Waals surface area contributed by atoms with E-state index < -0.39 is 0 Å². The first-order valence-electron chi connectivity index (χ1n) is 7.24. The van der Waals surface area contributed by atoms with Crippen molar-refractivity contribution >= 4 is 29.1 Å². The third-order valence-electron chi connectivity index (χ3n) is 2.99. The maximum Gasteiger partial charge on any atom is 0.251 e. The summed E-state index contributed by atoms with van der Waals surface area (Å²) in [6.45, 7) is 6.19. The molecule has 0 heterocycles. The van der Waals surface area contributed by atoms with E-state index >= 15 is 0 Å². The Morgan fingerprint density at radius 1 is 1.09 bits per heavy atom. The van der Waals surface area contributed by atoms with Gasteiger partial charge in [0.1, 0.15) is 12.4 Å². The predicted molar refractivity (Wildman–Crippen MR) is 94.5 cm³/mol. The molecule has 0 atom stereocenters. The Kier molecular flexibility index (Phi) is 5.55. The Morgan fingerprint density at radius 3 is 2.35 bits per heavy atom. The average molecular weight is 352 g/mol. The lowest BCUT2D eigenvalue weighted by molar-refractivity contribution is 0.0919. The molecule has 0 aliphatic rings. The molecule has 1 amide bonds. The van der Waals surface area contributed by atoms with Gasteiger partial charge in [0.05, 0.1) is 5.02 Å². The highest BCUT2D eigenvalue weighted by Gasteiger charge is 2.15. The highest BCUT2D eigenvalue weighted by Crippen LogP contribution is 2.28. The van der Waals surface area contributed by atoms with Gasteiger partial charge < -0.3 is 10.1 Å². The van der Waals surface area contributed by atoms with Crippen LogP contribution in [0, 0.1) is 0 Å². The van der Waals surface area contributed by atoms with Gasteiger partial charge in [0, 0.05) is 22.2 Å². The van der Waals surface area contributed by atoms with Crippen LogP contribution in [0.1, 0.15) is 36.7 Å². The van der Waals surface area contributed by atoms with E-state index in [4.69, 9.17) is 27.9 Å². The molecule has 2 aromatic carbocycles. The molecule has 0 saturated heterocycles. The van der Waals surface area contributed by atoms with Crippen LogP contribution in [-0.2, 0) is 6.61 Å². The van der Waals surface area contributed by atoms with E-state index in [1.54, 1.807) is 30.3 Å². The Hall–Kier alpha value is -1.71. The third-order valence-corrected chi connectivity index (χ3v) is 3.54. The van der Waals surface area contributed by atoms with Gasteiger partial charge in [-0.1, -0.05) is 35.3 Å². The van der Waals surface area contributed by atoms with E-state index in [0.29, 0.717) is 28.0 Å². The summed E-state index contributed by atoms with van der Waals surface area (Å²) < 4.78 is 5.67. The minimum atomic E-state index is -0.262. The molecule has 23 heavy (non-hydrogen) atoms. The Balaban J connectivity index is 2.00. The van der Waals surface area contributed by atoms with Crippen LogP contribution in [0.4, 0.5) is 0 Å². The van der Waals surface area contributed by atoms with Gasteiger partial charge in [-0.3, -0.25) is 4.79 Å². The minimum Gasteiger partial charge on any atom is -0.487 e. The second-order valence-corrected chi connectivity index (χ2v) is 7.11. The SMILES string of the molecule is CC(C)(C)NC(=O)c1ccc(COc2cc(Cl)ccc2Cl)cc1. The van der Waals surface area contributed by atoms with Crippen LogP contribution in [0.5, 0.6) is 5.75 Å². The Bertz CT molecular complexity index is 691.